The molecular formula is C17H12F4N2O2. The number of benzene rings is 2. The number of methoxy groups -OCH3 is 1. The van der Waals surface area contributed by atoms with Crippen LogP contribution in [0.5, 0.6) is 0 Å². The zero-order valence-corrected chi connectivity index (χ0v) is 13.0. The molecule has 0 N–H and O–H groups in total. The number of halogens is 4. The monoisotopic (exact) mass is 352 g/mol. The normalized spacial score (nSPS) is 11.3. The first-order chi connectivity index (χ1) is 11.9. The molecule has 0 aliphatic heterocycles. The molecule has 8 heteroatoms. The van der Waals surface area contributed by atoms with Gasteiger partial charge in [0, 0.05) is 22.6 Å². The summed E-state index contributed by atoms with van der Waals surface area (Å²) in [4.78, 5) is 11.9. The highest BCUT2D eigenvalue weighted by atomic mass is 19.3. The third-order valence-electron chi connectivity index (χ3n) is 3.74. The van der Waals surface area contributed by atoms with Crippen LogP contribution in [0.15, 0.2) is 36.4 Å². The van der Waals surface area contributed by atoms with E-state index in [1.165, 1.54) is 36.1 Å². The van der Waals surface area contributed by atoms with E-state index >= 15 is 0 Å². The molecule has 0 radical (unpaired) electrons. The first kappa shape index (κ1) is 16.9. The number of carbonyl (C=O) groups is 1. The molecule has 0 spiro atoms. The summed E-state index contributed by atoms with van der Waals surface area (Å²) in [6, 6.07) is 6.73. The van der Waals surface area contributed by atoms with Gasteiger partial charge in [-0.1, -0.05) is 12.1 Å². The van der Waals surface area contributed by atoms with Gasteiger partial charge in [-0.3, -0.25) is 4.68 Å². The fourth-order valence-corrected chi connectivity index (χ4v) is 2.51. The van der Waals surface area contributed by atoms with Crippen molar-refractivity contribution in [2.45, 2.75) is 13.0 Å². The average molecular weight is 352 g/mol. The van der Waals surface area contributed by atoms with Crippen LogP contribution < -0.4 is 0 Å². The van der Waals surface area contributed by atoms with E-state index in [0.29, 0.717) is 11.5 Å². The van der Waals surface area contributed by atoms with E-state index in [9.17, 15) is 22.4 Å². The quantitative estimate of drug-likeness (QED) is 0.525. The molecule has 1 heterocycles. The molecule has 1 aromatic heterocycles. The van der Waals surface area contributed by atoms with Crippen LogP contribution >= 0.6 is 0 Å². The summed E-state index contributed by atoms with van der Waals surface area (Å²) in [7, 11) is 1.17. The van der Waals surface area contributed by atoms with E-state index < -0.39 is 24.0 Å². The standard InChI is InChI=1S/C17H12F4N2O2/c1-25-17(24)15-12-5-3-9(16(20)21)6-14(12)23(22-15)8-10-2-4-11(18)7-13(10)19/h2-7,16H,8H2,1H3. The highest BCUT2D eigenvalue weighted by Crippen LogP contribution is 2.27. The van der Waals surface area contributed by atoms with Crippen LogP contribution in [0.4, 0.5) is 17.6 Å². The number of ether oxygens (including phenoxy) is 1. The number of carbonyl (C=O) groups excluding carboxylic acids is 1. The van der Waals surface area contributed by atoms with Gasteiger partial charge < -0.3 is 4.74 Å². The Kier molecular flexibility index (Phi) is 4.43. The molecule has 0 amide bonds. The van der Waals surface area contributed by atoms with Crippen molar-refractivity contribution in [3.63, 3.8) is 0 Å². The number of alkyl halides is 2. The largest absolute Gasteiger partial charge is 0.464 e. The summed E-state index contributed by atoms with van der Waals surface area (Å²) in [6.45, 7) is -0.160. The fraction of sp³-hybridized carbons (Fsp3) is 0.176. The lowest BCUT2D eigenvalue weighted by Gasteiger charge is -2.06. The van der Waals surface area contributed by atoms with Crippen LogP contribution in [0.1, 0.15) is 28.0 Å². The lowest BCUT2D eigenvalue weighted by molar-refractivity contribution is 0.0595. The van der Waals surface area contributed by atoms with Crippen molar-refractivity contribution in [1.29, 1.82) is 0 Å². The van der Waals surface area contributed by atoms with Gasteiger partial charge in [0.2, 0.25) is 0 Å². The van der Waals surface area contributed by atoms with Crippen LogP contribution in [0.3, 0.4) is 0 Å². The highest BCUT2D eigenvalue weighted by molar-refractivity contribution is 6.02. The van der Waals surface area contributed by atoms with Crippen LogP contribution in [-0.4, -0.2) is 22.9 Å². The molecule has 0 atom stereocenters. The molecule has 25 heavy (non-hydrogen) atoms. The molecule has 0 bridgehead atoms. The lowest BCUT2D eigenvalue weighted by atomic mass is 10.1. The van der Waals surface area contributed by atoms with E-state index in [1.807, 2.05) is 0 Å². The molecule has 0 aliphatic rings. The molecule has 3 aromatic rings. The zero-order valence-electron chi connectivity index (χ0n) is 13.0. The van der Waals surface area contributed by atoms with Gasteiger partial charge in [0.1, 0.15) is 11.6 Å². The molecule has 3 rings (SSSR count). The van der Waals surface area contributed by atoms with Gasteiger partial charge in [-0.15, -0.1) is 0 Å². The number of nitrogens with zero attached hydrogens (tertiary/aromatic N) is 2. The van der Waals surface area contributed by atoms with E-state index in [4.69, 9.17) is 0 Å². The van der Waals surface area contributed by atoms with Crippen molar-refractivity contribution in [3.05, 3.63) is 64.9 Å². The Labute approximate surface area is 139 Å². The molecule has 0 saturated carbocycles. The Bertz CT molecular complexity index is 953. The third-order valence-corrected chi connectivity index (χ3v) is 3.74. The Balaban J connectivity index is 2.15. The lowest BCUT2D eigenvalue weighted by Crippen LogP contribution is -2.07. The smallest absolute Gasteiger partial charge is 0.359 e. The fourth-order valence-electron chi connectivity index (χ4n) is 2.51. The minimum atomic E-state index is -2.71. The zero-order chi connectivity index (χ0) is 18.1. The molecule has 0 saturated heterocycles. The Morgan fingerprint density at radius 1 is 1.20 bits per heavy atom. The molecule has 130 valence electrons. The molecule has 0 unspecified atom stereocenters. The number of fused-ring (bicyclic) bond motifs is 1. The molecule has 4 nitrogen and oxygen atoms in total. The molecule has 0 aliphatic carbocycles. The van der Waals surface area contributed by atoms with Gasteiger partial charge in [0.05, 0.1) is 19.2 Å². The van der Waals surface area contributed by atoms with Crippen LogP contribution in [0.2, 0.25) is 0 Å². The summed E-state index contributed by atoms with van der Waals surface area (Å²) < 4.78 is 58.7. The van der Waals surface area contributed by atoms with Gasteiger partial charge >= 0.3 is 5.97 Å². The van der Waals surface area contributed by atoms with Crippen molar-refractivity contribution >= 4 is 16.9 Å². The van der Waals surface area contributed by atoms with Crippen molar-refractivity contribution < 1.29 is 27.1 Å². The second kappa shape index (κ2) is 6.54. The first-order valence-corrected chi connectivity index (χ1v) is 7.21. The number of rotatable bonds is 4. The van der Waals surface area contributed by atoms with Crippen molar-refractivity contribution in [1.82, 2.24) is 9.78 Å². The van der Waals surface area contributed by atoms with E-state index in [1.54, 1.807) is 0 Å². The maximum atomic E-state index is 13.9. The molecule has 0 fully saturated rings. The summed E-state index contributed by atoms with van der Waals surface area (Å²) >= 11 is 0. The van der Waals surface area contributed by atoms with E-state index in [-0.39, 0.29) is 28.9 Å². The average Bonchev–Trinajstić information content (AvgIpc) is 2.94. The van der Waals surface area contributed by atoms with Crippen LogP contribution in [0, 0.1) is 11.6 Å². The van der Waals surface area contributed by atoms with Crippen molar-refractivity contribution in [3.8, 4) is 0 Å². The Hall–Kier alpha value is -2.90. The summed E-state index contributed by atoms with van der Waals surface area (Å²) in [5.74, 6) is -2.27. The van der Waals surface area contributed by atoms with E-state index in [2.05, 4.69) is 9.84 Å². The second-order valence-corrected chi connectivity index (χ2v) is 5.31. The third kappa shape index (κ3) is 3.19. The van der Waals surface area contributed by atoms with Gasteiger partial charge in [0.25, 0.3) is 6.43 Å². The van der Waals surface area contributed by atoms with Gasteiger partial charge in [-0.05, 0) is 18.2 Å². The van der Waals surface area contributed by atoms with Gasteiger partial charge in [-0.25, -0.2) is 22.4 Å². The topological polar surface area (TPSA) is 44.1 Å². The molecule has 2 aromatic carbocycles. The maximum absolute atomic E-state index is 13.9. The summed E-state index contributed by atoms with van der Waals surface area (Å²) in [6.07, 6.45) is -2.71. The van der Waals surface area contributed by atoms with Gasteiger partial charge in [-0.2, -0.15) is 5.10 Å². The van der Waals surface area contributed by atoms with E-state index in [0.717, 1.165) is 6.07 Å². The highest BCUT2D eigenvalue weighted by Gasteiger charge is 2.20. The SMILES string of the molecule is COC(=O)c1nn(Cc2ccc(F)cc2F)c2cc(C(F)F)ccc12. The Morgan fingerprint density at radius 3 is 2.60 bits per heavy atom. The number of aromatic nitrogens is 2. The first-order valence-electron chi connectivity index (χ1n) is 7.21. The minimum absolute atomic E-state index is 0.0687. The summed E-state index contributed by atoms with van der Waals surface area (Å²) in [5.41, 5.74) is -0.00271. The maximum Gasteiger partial charge on any atom is 0.359 e. The number of hydrogen-bond donors (Lipinski definition) is 0. The summed E-state index contributed by atoms with van der Waals surface area (Å²) in [5, 5.41) is 4.36. The number of hydrogen-bond acceptors (Lipinski definition) is 3. The van der Waals surface area contributed by atoms with Crippen LogP contribution in [-0.2, 0) is 11.3 Å². The van der Waals surface area contributed by atoms with Crippen molar-refractivity contribution in [2.75, 3.05) is 7.11 Å². The van der Waals surface area contributed by atoms with Crippen molar-refractivity contribution in [2.24, 2.45) is 0 Å². The molecular weight excluding hydrogens is 340 g/mol. The predicted molar refractivity (Wildman–Crippen MR) is 81.5 cm³/mol. The van der Waals surface area contributed by atoms with Gasteiger partial charge in [0.15, 0.2) is 5.69 Å². The number of esters is 1. The van der Waals surface area contributed by atoms with Crippen LogP contribution in [0.25, 0.3) is 10.9 Å². The minimum Gasteiger partial charge on any atom is -0.464 e. The predicted octanol–water partition coefficient (Wildman–Crippen LogP) is 4.09. The Morgan fingerprint density at radius 2 is 1.96 bits per heavy atom. The second-order valence-electron chi connectivity index (χ2n) is 5.31.